The molecule has 0 aliphatic rings. The van der Waals surface area contributed by atoms with E-state index in [0.717, 1.165) is 17.9 Å². The number of nitrogens with one attached hydrogen (secondary N) is 1. The minimum absolute atomic E-state index is 0.122. The topological polar surface area (TPSA) is 47.6 Å². The van der Waals surface area contributed by atoms with Crippen LogP contribution in [0.1, 0.15) is 25.3 Å². The first-order valence-electron chi connectivity index (χ1n) is 8.21. The Balaban J connectivity index is 1.74. The third-order valence-corrected chi connectivity index (χ3v) is 3.43. The van der Waals surface area contributed by atoms with Crippen molar-refractivity contribution >= 4 is 11.6 Å². The zero-order valence-corrected chi connectivity index (χ0v) is 14.3. The quantitative estimate of drug-likeness (QED) is 0.675. The molecule has 0 radical (unpaired) electrons. The van der Waals surface area contributed by atoms with Gasteiger partial charge in [-0.05, 0) is 55.8 Å². The second-order valence-corrected chi connectivity index (χ2v) is 5.48. The number of alkyl halides is 3. The third kappa shape index (κ3) is 6.31. The first kappa shape index (κ1) is 19.6. The highest BCUT2D eigenvalue weighted by molar-refractivity contribution is 5.90. The summed E-state index contributed by atoms with van der Waals surface area (Å²) in [5.41, 5.74) is -0.675. The Bertz CT molecular complexity index is 715. The Morgan fingerprint density at radius 2 is 1.69 bits per heavy atom. The molecule has 2 rings (SSSR count). The third-order valence-electron chi connectivity index (χ3n) is 3.43. The number of rotatable bonds is 8. The van der Waals surface area contributed by atoms with Gasteiger partial charge in [0.15, 0.2) is 0 Å². The molecule has 0 saturated heterocycles. The van der Waals surface area contributed by atoms with Gasteiger partial charge in [-0.3, -0.25) is 4.79 Å². The normalized spacial score (nSPS) is 11.1. The van der Waals surface area contributed by atoms with Crippen molar-refractivity contribution in [2.45, 2.75) is 25.9 Å². The maximum absolute atomic E-state index is 12.6. The van der Waals surface area contributed by atoms with Crippen molar-refractivity contribution in [3.8, 4) is 11.5 Å². The zero-order valence-electron chi connectivity index (χ0n) is 14.3. The number of hydrogen-bond donors (Lipinski definition) is 1. The van der Waals surface area contributed by atoms with Crippen LogP contribution in [-0.2, 0) is 11.0 Å². The number of carbonyl (C=O) groups excluding carboxylic acids is 1. The Hall–Kier alpha value is -2.70. The van der Waals surface area contributed by atoms with Gasteiger partial charge in [0.2, 0.25) is 5.91 Å². The number of halogens is 3. The number of benzene rings is 2. The minimum atomic E-state index is -4.44. The molecule has 0 unspecified atom stereocenters. The molecular weight excluding hydrogens is 347 g/mol. The van der Waals surface area contributed by atoms with Crippen LogP contribution in [-0.4, -0.2) is 19.1 Å². The first-order chi connectivity index (χ1) is 12.4. The highest BCUT2D eigenvalue weighted by Crippen LogP contribution is 2.30. The fourth-order valence-electron chi connectivity index (χ4n) is 2.22. The van der Waals surface area contributed by atoms with Crippen molar-refractivity contribution in [3.05, 3.63) is 54.1 Å². The summed E-state index contributed by atoms with van der Waals surface area (Å²) in [5.74, 6) is 1.05. The van der Waals surface area contributed by atoms with E-state index in [0.29, 0.717) is 25.4 Å². The van der Waals surface area contributed by atoms with E-state index in [1.165, 1.54) is 12.1 Å². The first-order valence-corrected chi connectivity index (χ1v) is 8.21. The van der Waals surface area contributed by atoms with Crippen molar-refractivity contribution in [1.82, 2.24) is 0 Å². The van der Waals surface area contributed by atoms with Crippen LogP contribution >= 0.6 is 0 Å². The molecule has 7 heteroatoms. The molecule has 2 aromatic rings. The summed E-state index contributed by atoms with van der Waals surface area (Å²) in [7, 11) is 0. The second-order valence-electron chi connectivity index (χ2n) is 5.48. The summed E-state index contributed by atoms with van der Waals surface area (Å²) < 4.78 is 48.8. The van der Waals surface area contributed by atoms with Gasteiger partial charge in [-0.1, -0.05) is 6.07 Å². The summed E-state index contributed by atoms with van der Waals surface area (Å²) in [6.45, 7) is 2.81. The van der Waals surface area contributed by atoms with Gasteiger partial charge in [-0.15, -0.1) is 0 Å². The SMILES string of the molecule is CCOc1ccc(OCCCC(=O)Nc2cccc(C(F)(F)F)c2)cc1. The highest BCUT2D eigenvalue weighted by Gasteiger charge is 2.30. The fourth-order valence-corrected chi connectivity index (χ4v) is 2.22. The van der Waals surface area contributed by atoms with E-state index >= 15 is 0 Å². The van der Waals surface area contributed by atoms with Crippen molar-refractivity contribution < 1.29 is 27.4 Å². The smallest absolute Gasteiger partial charge is 0.416 e. The molecular formula is C19H20F3NO3. The predicted molar refractivity (Wildman–Crippen MR) is 92.4 cm³/mol. The number of ether oxygens (including phenoxy) is 2. The second kappa shape index (κ2) is 9.12. The molecule has 0 heterocycles. The van der Waals surface area contributed by atoms with E-state index in [-0.39, 0.29) is 18.0 Å². The van der Waals surface area contributed by atoms with E-state index in [4.69, 9.17) is 9.47 Å². The molecule has 0 aromatic heterocycles. The maximum atomic E-state index is 12.6. The molecule has 26 heavy (non-hydrogen) atoms. The van der Waals surface area contributed by atoms with Crippen LogP contribution < -0.4 is 14.8 Å². The van der Waals surface area contributed by atoms with Crippen LogP contribution in [0.4, 0.5) is 18.9 Å². The van der Waals surface area contributed by atoms with Crippen LogP contribution in [0, 0.1) is 0 Å². The van der Waals surface area contributed by atoms with E-state index in [1.54, 1.807) is 24.3 Å². The van der Waals surface area contributed by atoms with Crippen LogP contribution in [0.5, 0.6) is 11.5 Å². The van der Waals surface area contributed by atoms with E-state index in [1.807, 2.05) is 6.92 Å². The van der Waals surface area contributed by atoms with Crippen molar-refractivity contribution in [2.75, 3.05) is 18.5 Å². The number of hydrogen-bond acceptors (Lipinski definition) is 3. The molecule has 0 atom stereocenters. The molecule has 0 saturated carbocycles. The van der Waals surface area contributed by atoms with Gasteiger partial charge in [0.25, 0.3) is 0 Å². The molecule has 140 valence electrons. The van der Waals surface area contributed by atoms with Crippen molar-refractivity contribution in [1.29, 1.82) is 0 Å². The monoisotopic (exact) mass is 367 g/mol. The lowest BCUT2D eigenvalue weighted by molar-refractivity contribution is -0.137. The highest BCUT2D eigenvalue weighted by atomic mass is 19.4. The lowest BCUT2D eigenvalue weighted by Crippen LogP contribution is -2.14. The standard InChI is InChI=1S/C19H20F3NO3/c1-2-25-16-8-10-17(11-9-16)26-12-4-7-18(24)23-15-6-3-5-14(13-15)19(20,21)22/h3,5-6,8-11,13H,2,4,7,12H2,1H3,(H,23,24). The maximum Gasteiger partial charge on any atom is 0.416 e. The minimum Gasteiger partial charge on any atom is -0.494 e. The summed E-state index contributed by atoms with van der Waals surface area (Å²) in [5, 5.41) is 2.46. The largest absolute Gasteiger partial charge is 0.494 e. The lowest BCUT2D eigenvalue weighted by atomic mass is 10.2. The Morgan fingerprint density at radius 1 is 1.04 bits per heavy atom. The Morgan fingerprint density at radius 3 is 2.31 bits per heavy atom. The van der Waals surface area contributed by atoms with Gasteiger partial charge >= 0.3 is 6.18 Å². The summed E-state index contributed by atoms with van der Waals surface area (Å²) >= 11 is 0. The summed E-state index contributed by atoms with van der Waals surface area (Å²) in [6, 6.07) is 11.7. The van der Waals surface area contributed by atoms with Gasteiger partial charge in [0, 0.05) is 12.1 Å². The molecule has 0 bridgehead atoms. The number of carbonyl (C=O) groups is 1. The predicted octanol–water partition coefficient (Wildman–Crippen LogP) is 4.90. The van der Waals surface area contributed by atoms with Crippen molar-refractivity contribution in [2.24, 2.45) is 0 Å². The van der Waals surface area contributed by atoms with E-state index in [2.05, 4.69) is 5.32 Å². The molecule has 1 amide bonds. The average Bonchev–Trinajstić information content (AvgIpc) is 2.60. The van der Waals surface area contributed by atoms with Crippen LogP contribution in [0.2, 0.25) is 0 Å². The zero-order chi connectivity index (χ0) is 19.0. The Kier molecular flexibility index (Phi) is 6.89. The molecule has 0 aliphatic heterocycles. The molecule has 0 fully saturated rings. The van der Waals surface area contributed by atoms with E-state index in [9.17, 15) is 18.0 Å². The molecule has 0 aliphatic carbocycles. The average molecular weight is 367 g/mol. The molecule has 4 nitrogen and oxygen atoms in total. The lowest BCUT2D eigenvalue weighted by Gasteiger charge is -2.10. The van der Waals surface area contributed by atoms with Gasteiger partial charge in [-0.2, -0.15) is 13.2 Å². The summed E-state index contributed by atoms with van der Waals surface area (Å²) in [6.07, 6.45) is -3.85. The van der Waals surface area contributed by atoms with Gasteiger partial charge in [0.1, 0.15) is 11.5 Å². The van der Waals surface area contributed by atoms with E-state index < -0.39 is 11.7 Å². The van der Waals surface area contributed by atoms with Gasteiger partial charge in [-0.25, -0.2) is 0 Å². The summed E-state index contributed by atoms with van der Waals surface area (Å²) in [4.78, 5) is 11.8. The van der Waals surface area contributed by atoms with Gasteiger partial charge in [0.05, 0.1) is 18.8 Å². The van der Waals surface area contributed by atoms with Crippen molar-refractivity contribution in [3.63, 3.8) is 0 Å². The van der Waals surface area contributed by atoms with Gasteiger partial charge < -0.3 is 14.8 Å². The number of amides is 1. The Labute approximate surface area is 149 Å². The van der Waals surface area contributed by atoms with Crippen LogP contribution in [0.15, 0.2) is 48.5 Å². The fraction of sp³-hybridized carbons (Fsp3) is 0.316. The molecule has 2 aromatic carbocycles. The number of anilines is 1. The molecule has 0 spiro atoms. The molecule has 1 N–H and O–H groups in total. The van der Waals surface area contributed by atoms with Crippen LogP contribution in [0.25, 0.3) is 0 Å². The van der Waals surface area contributed by atoms with Crippen LogP contribution in [0.3, 0.4) is 0 Å².